The second-order valence-electron chi connectivity index (χ2n) is 8.31. The maximum atomic E-state index is 13.8. The highest BCUT2D eigenvalue weighted by molar-refractivity contribution is 9.09. The monoisotopic (exact) mass is 477 g/mol. The van der Waals surface area contributed by atoms with Crippen molar-refractivity contribution in [2.75, 3.05) is 4.90 Å². The molecule has 0 radical (unpaired) electrons. The highest BCUT2D eigenvalue weighted by Gasteiger charge is 2.67. The number of hydrogen-bond donors (Lipinski definition) is 0. The van der Waals surface area contributed by atoms with Crippen LogP contribution in [0.4, 0.5) is 5.69 Å². The molecule has 0 spiro atoms. The lowest BCUT2D eigenvalue weighted by molar-refractivity contribution is -0.122. The van der Waals surface area contributed by atoms with Gasteiger partial charge in [-0.1, -0.05) is 82.1 Å². The summed E-state index contributed by atoms with van der Waals surface area (Å²) in [5.41, 5.74) is 5.87. The van der Waals surface area contributed by atoms with Crippen LogP contribution in [-0.2, 0) is 13.9 Å². The lowest BCUT2D eigenvalue weighted by Gasteiger charge is -2.51. The van der Waals surface area contributed by atoms with Gasteiger partial charge in [-0.05, 0) is 46.9 Å². The number of carbonyl (C=O) groups is 2. The number of aryl methyl sites for hydroxylation is 1. The normalized spacial score (nSPS) is 28.4. The standard InChI is InChI=1S/C25H17BrClNO2/c1-13-10-11-14(12-19(13)27)28-23(29)21-20-15-6-2-4-8-17(15)25(26,22(21)24(28)30)18-9-5-3-7-16(18)20/h2-12,20-22H,1H3/t20?,21-,22+,25?/m1/s1. The summed E-state index contributed by atoms with van der Waals surface area (Å²) in [6.45, 7) is 1.90. The molecule has 1 fully saturated rings. The zero-order valence-electron chi connectivity index (χ0n) is 16.1. The van der Waals surface area contributed by atoms with Gasteiger partial charge >= 0.3 is 0 Å². The molecule has 7 rings (SSSR count). The van der Waals surface area contributed by atoms with Crippen molar-refractivity contribution in [2.24, 2.45) is 11.8 Å². The summed E-state index contributed by atoms with van der Waals surface area (Å²) in [4.78, 5) is 28.9. The van der Waals surface area contributed by atoms with Gasteiger partial charge in [-0.3, -0.25) is 9.59 Å². The Bertz CT molecular complexity index is 1220. The molecule has 3 nitrogen and oxygen atoms in total. The maximum absolute atomic E-state index is 13.8. The van der Waals surface area contributed by atoms with Crippen molar-refractivity contribution in [3.8, 4) is 0 Å². The summed E-state index contributed by atoms with van der Waals surface area (Å²) in [6.07, 6.45) is 0. The van der Waals surface area contributed by atoms with Crippen molar-refractivity contribution in [3.05, 3.63) is 99.6 Å². The minimum atomic E-state index is -0.727. The third-order valence-electron chi connectivity index (χ3n) is 6.93. The summed E-state index contributed by atoms with van der Waals surface area (Å²) in [5.74, 6) is -1.40. The molecular formula is C25H17BrClNO2. The van der Waals surface area contributed by atoms with E-state index in [9.17, 15) is 9.59 Å². The molecule has 0 aromatic heterocycles. The number of halogens is 2. The fourth-order valence-electron chi connectivity index (χ4n) is 5.65. The highest BCUT2D eigenvalue weighted by Crippen LogP contribution is 2.66. The van der Waals surface area contributed by atoms with Crippen LogP contribution in [0.1, 0.15) is 33.7 Å². The number of imide groups is 1. The van der Waals surface area contributed by atoms with Crippen molar-refractivity contribution in [3.63, 3.8) is 0 Å². The predicted molar refractivity (Wildman–Crippen MR) is 120 cm³/mol. The molecular weight excluding hydrogens is 462 g/mol. The molecule has 1 heterocycles. The molecule has 0 saturated carbocycles. The quantitative estimate of drug-likeness (QED) is 0.340. The zero-order valence-corrected chi connectivity index (χ0v) is 18.4. The Hall–Kier alpha value is -2.43. The molecule has 3 aliphatic carbocycles. The van der Waals surface area contributed by atoms with E-state index in [1.165, 1.54) is 4.90 Å². The lowest BCUT2D eigenvalue weighted by atomic mass is 9.55. The fourth-order valence-corrected chi connectivity index (χ4v) is 7.03. The second-order valence-corrected chi connectivity index (χ2v) is 9.97. The Kier molecular flexibility index (Phi) is 3.70. The number of amides is 2. The van der Waals surface area contributed by atoms with Crippen LogP contribution in [0.3, 0.4) is 0 Å². The summed E-state index contributed by atoms with van der Waals surface area (Å²) in [6, 6.07) is 21.7. The fraction of sp³-hybridized carbons (Fsp3) is 0.200. The number of alkyl halides is 1. The van der Waals surface area contributed by atoms with Crippen molar-refractivity contribution in [1.82, 2.24) is 0 Å². The third kappa shape index (κ3) is 2.06. The molecule has 0 unspecified atom stereocenters. The molecule has 4 aliphatic rings. The van der Waals surface area contributed by atoms with Gasteiger partial charge in [-0.15, -0.1) is 0 Å². The van der Waals surface area contributed by atoms with E-state index >= 15 is 0 Å². The average Bonchev–Trinajstić information content (AvgIpc) is 3.02. The largest absolute Gasteiger partial charge is 0.274 e. The van der Waals surface area contributed by atoms with Crippen LogP contribution in [0.15, 0.2) is 66.7 Å². The number of nitrogens with zero attached hydrogens (tertiary/aromatic N) is 1. The van der Waals surface area contributed by atoms with Crippen molar-refractivity contribution in [1.29, 1.82) is 0 Å². The van der Waals surface area contributed by atoms with Gasteiger partial charge in [0.2, 0.25) is 11.8 Å². The van der Waals surface area contributed by atoms with Gasteiger partial charge in [0.1, 0.15) is 0 Å². The number of anilines is 1. The number of hydrogen-bond acceptors (Lipinski definition) is 2. The minimum absolute atomic E-state index is 0.135. The predicted octanol–water partition coefficient (Wildman–Crippen LogP) is 5.55. The van der Waals surface area contributed by atoms with E-state index in [0.717, 1.165) is 27.8 Å². The smallest absolute Gasteiger partial charge is 0.239 e. The molecule has 3 aromatic rings. The molecule has 30 heavy (non-hydrogen) atoms. The Morgan fingerprint density at radius 3 is 2.10 bits per heavy atom. The second kappa shape index (κ2) is 6.05. The molecule has 1 saturated heterocycles. The number of carbonyl (C=O) groups excluding carboxylic acids is 2. The SMILES string of the molecule is Cc1ccc(N2C(=O)[C@@H]3C4c5ccccc5C(Br)(c5ccccc54)[C@@H]3C2=O)cc1Cl. The van der Waals surface area contributed by atoms with Gasteiger partial charge in [0.05, 0.1) is 21.8 Å². The average molecular weight is 479 g/mol. The molecule has 2 atom stereocenters. The van der Waals surface area contributed by atoms with E-state index in [4.69, 9.17) is 11.6 Å². The maximum Gasteiger partial charge on any atom is 0.239 e. The first-order valence-electron chi connectivity index (χ1n) is 9.96. The summed E-state index contributed by atoms with van der Waals surface area (Å²) in [5, 5.41) is 0.547. The number of benzene rings is 3. The molecule has 1 aliphatic heterocycles. The highest BCUT2D eigenvalue weighted by atomic mass is 79.9. The minimum Gasteiger partial charge on any atom is -0.274 e. The first-order valence-corrected chi connectivity index (χ1v) is 11.1. The molecule has 2 bridgehead atoms. The third-order valence-corrected chi connectivity index (χ3v) is 8.68. The lowest BCUT2D eigenvalue weighted by Crippen LogP contribution is -2.50. The van der Waals surface area contributed by atoms with Crippen LogP contribution in [0, 0.1) is 18.8 Å². The van der Waals surface area contributed by atoms with Crippen LogP contribution in [-0.4, -0.2) is 11.8 Å². The Morgan fingerprint density at radius 2 is 1.50 bits per heavy atom. The van der Waals surface area contributed by atoms with E-state index in [1.807, 2.05) is 37.3 Å². The molecule has 0 N–H and O–H groups in total. The topological polar surface area (TPSA) is 37.4 Å². The van der Waals surface area contributed by atoms with Gasteiger partial charge in [0.15, 0.2) is 0 Å². The van der Waals surface area contributed by atoms with Crippen LogP contribution < -0.4 is 4.90 Å². The Morgan fingerprint density at radius 1 is 0.900 bits per heavy atom. The van der Waals surface area contributed by atoms with Crippen LogP contribution >= 0.6 is 27.5 Å². The summed E-state index contributed by atoms with van der Waals surface area (Å²) < 4.78 is -0.727. The molecule has 3 aromatic carbocycles. The molecule has 2 amide bonds. The van der Waals surface area contributed by atoms with Gasteiger partial charge in [-0.25, -0.2) is 4.90 Å². The van der Waals surface area contributed by atoms with Crippen LogP contribution in [0.5, 0.6) is 0 Å². The summed E-state index contributed by atoms with van der Waals surface area (Å²) in [7, 11) is 0. The van der Waals surface area contributed by atoms with E-state index in [0.29, 0.717) is 10.7 Å². The van der Waals surface area contributed by atoms with Gasteiger partial charge < -0.3 is 0 Å². The van der Waals surface area contributed by atoms with Gasteiger partial charge in [0.25, 0.3) is 0 Å². The van der Waals surface area contributed by atoms with E-state index in [-0.39, 0.29) is 17.7 Å². The van der Waals surface area contributed by atoms with Crippen molar-refractivity contribution in [2.45, 2.75) is 17.2 Å². The van der Waals surface area contributed by atoms with E-state index in [2.05, 4.69) is 40.2 Å². The van der Waals surface area contributed by atoms with Crippen molar-refractivity contribution >= 4 is 45.0 Å². The Labute approximate surface area is 187 Å². The molecule has 5 heteroatoms. The van der Waals surface area contributed by atoms with Gasteiger partial charge in [-0.2, -0.15) is 0 Å². The summed E-state index contributed by atoms with van der Waals surface area (Å²) >= 11 is 10.3. The first-order chi connectivity index (χ1) is 14.4. The van der Waals surface area contributed by atoms with Gasteiger partial charge in [0, 0.05) is 10.9 Å². The van der Waals surface area contributed by atoms with Crippen molar-refractivity contribution < 1.29 is 9.59 Å². The Balaban J connectivity index is 1.60. The zero-order chi connectivity index (χ0) is 20.8. The van der Waals surface area contributed by atoms with Crippen LogP contribution in [0.25, 0.3) is 0 Å². The van der Waals surface area contributed by atoms with Crippen LogP contribution in [0.2, 0.25) is 5.02 Å². The van der Waals surface area contributed by atoms with E-state index in [1.54, 1.807) is 12.1 Å². The first kappa shape index (κ1) is 18.3. The number of rotatable bonds is 1. The van der Waals surface area contributed by atoms with E-state index < -0.39 is 16.2 Å². The molecule has 148 valence electrons.